The molecule has 0 aliphatic rings. The summed E-state index contributed by atoms with van der Waals surface area (Å²) >= 11 is 0. The van der Waals surface area contributed by atoms with Crippen molar-refractivity contribution in [1.82, 2.24) is 10.9 Å². The van der Waals surface area contributed by atoms with E-state index < -0.39 is 9.85 Å². The van der Waals surface area contributed by atoms with E-state index in [1.165, 1.54) is 24.3 Å². The van der Waals surface area contributed by atoms with Crippen molar-refractivity contribution >= 4 is 34.6 Å². The third kappa shape index (κ3) is 8.22. The van der Waals surface area contributed by atoms with Gasteiger partial charge in [-0.3, -0.25) is 29.8 Å². The molecular weight excluding hydrogens is 444 g/mol. The third-order valence-corrected chi connectivity index (χ3v) is 4.75. The number of nitrogens with zero attached hydrogens (tertiary/aromatic N) is 4. The highest BCUT2D eigenvalue weighted by Crippen LogP contribution is 2.13. The molecule has 0 unspecified atom stereocenters. The topological polar surface area (TPSA) is 169 Å². The Balaban J connectivity index is 1.70. The van der Waals surface area contributed by atoms with Crippen molar-refractivity contribution in [3.63, 3.8) is 0 Å². The first-order chi connectivity index (χ1) is 16.2. The van der Waals surface area contributed by atoms with Crippen molar-refractivity contribution in [2.45, 2.75) is 39.5 Å². The van der Waals surface area contributed by atoms with Gasteiger partial charge in [0.1, 0.15) is 0 Å². The molecule has 34 heavy (non-hydrogen) atoms. The van der Waals surface area contributed by atoms with Crippen LogP contribution < -0.4 is 10.9 Å². The SMILES string of the molecule is CC(=NNC(=O)CCCCC(=O)NN=C(C)c1ccc([N+](=O)[O-])cc1)c1ccc([N+](=O)[O-])cc1. The number of unbranched alkanes of at least 4 members (excludes halogenated alkanes) is 1. The zero-order chi connectivity index (χ0) is 25.1. The van der Waals surface area contributed by atoms with Crippen LogP contribution in [0.5, 0.6) is 0 Å². The number of non-ortho nitro benzene ring substituents is 2. The molecule has 178 valence electrons. The maximum absolute atomic E-state index is 11.9. The van der Waals surface area contributed by atoms with E-state index in [9.17, 15) is 29.8 Å². The van der Waals surface area contributed by atoms with E-state index in [4.69, 9.17) is 0 Å². The van der Waals surface area contributed by atoms with Gasteiger partial charge in [0, 0.05) is 37.1 Å². The normalized spacial score (nSPS) is 11.6. The van der Waals surface area contributed by atoms with Crippen molar-refractivity contribution in [1.29, 1.82) is 0 Å². The fraction of sp³-hybridized carbons (Fsp3) is 0.273. The Kier molecular flexibility index (Phi) is 9.50. The van der Waals surface area contributed by atoms with Crippen LogP contribution in [0.4, 0.5) is 11.4 Å². The molecule has 0 saturated carbocycles. The minimum absolute atomic E-state index is 0.0307. The largest absolute Gasteiger partial charge is 0.273 e. The average Bonchev–Trinajstić information content (AvgIpc) is 2.83. The molecule has 0 spiro atoms. The number of carbonyl (C=O) groups is 2. The molecule has 2 amide bonds. The minimum atomic E-state index is -0.495. The molecule has 0 bridgehead atoms. The zero-order valence-corrected chi connectivity index (χ0v) is 18.7. The highest BCUT2D eigenvalue weighted by Gasteiger charge is 2.08. The third-order valence-electron chi connectivity index (χ3n) is 4.75. The maximum atomic E-state index is 11.9. The van der Waals surface area contributed by atoms with Gasteiger partial charge < -0.3 is 0 Å². The summed E-state index contributed by atoms with van der Waals surface area (Å²) in [6.45, 7) is 3.34. The Morgan fingerprint density at radius 1 is 0.706 bits per heavy atom. The van der Waals surface area contributed by atoms with Crippen molar-refractivity contribution in [3.05, 3.63) is 79.9 Å². The molecule has 0 fully saturated rings. The Morgan fingerprint density at radius 2 is 1.03 bits per heavy atom. The van der Waals surface area contributed by atoms with Gasteiger partial charge in [-0.15, -0.1) is 0 Å². The molecule has 2 N–H and O–H groups in total. The predicted molar refractivity (Wildman–Crippen MR) is 125 cm³/mol. The van der Waals surface area contributed by atoms with Gasteiger partial charge in [-0.1, -0.05) is 0 Å². The van der Waals surface area contributed by atoms with Crippen molar-refractivity contribution in [2.24, 2.45) is 10.2 Å². The van der Waals surface area contributed by atoms with Crippen LogP contribution >= 0.6 is 0 Å². The van der Waals surface area contributed by atoms with Crippen LogP contribution in [0.25, 0.3) is 0 Å². The van der Waals surface area contributed by atoms with Crippen LogP contribution in [0, 0.1) is 20.2 Å². The second kappa shape index (κ2) is 12.5. The summed E-state index contributed by atoms with van der Waals surface area (Å²) in [5.74, 6) is -0.623. The van der Waals surface area contributed by atoms with Crippen molar-refractivity contribution < 1.29 is 19.4 Å². The Hall–Kier alpha value is -4.48. The first-order valence-electron chi connectivity index (χ1n) is 10.3. The van der Waals surface area contributed by atoms with Gasteiger partial charge in [-0.25, -0.2) is 10.9 Å². The summed E-state index contributed by atoms with van der Waals surface area (Å²) in [6, 6.07) is 11.6. The Bertz CT molecular complexity index is 1020. The number of nitro benzene ring substituents is 2. The zero-order valence-electron chi connectivity index (χ0n) is 18.7. The number of hydrogen-bond donors (Lipinski definition) is 2. The number of hydrogen-bond acceptors (Lipinski definition) is 8. The minimum Gasteiger partial charge on any atom is -0.273 e. The Labute approximate surface area is 195 Å². The van der Waals surface area contributed by atoms with E-state index in [0.29, 0.717) is 35.4 Å². The number of amides is 2. The lowest BCUT2D eigenvalue weighted by Gasteiger charge is -2.04. The van der Waals surface area contributed by atoms with Crippen LogP contribution in [0.1, 0.15) is 50.7 Å². The van der Waals surface area contributed by atoms with E-state index in [-0.39, 0.29) is 36.0 Å². The van der Waals surface area contributed by atoms with Crippen LogP contribution in [0.2, 0.25) is 0 Å². The first-order valence-corrected chi connectivity index (χ1v) is 10.3. The fourth-order valence-corrected chi connectivity index (χ4v) is 2.75. The number of benzene rings is 2. The number of carbonyl (C=O) groups excluding carboxylic acids is 2. The highest BCUT2D eigenvalue weighted by atomic mass is 16.6. The van der Waals surface area contributed by atoms with Gasteiger partial charge in [0.15, 0.2) is 0 Å². The van der Waals surface area contributed by atoms with Gasteiger partial charge in [-0.05, 0) is 62.1 Å². The molecule has 0 aliphatic carbocycles. The summed E-state index contributed by atoms with van der Waals surface area (Å²) in [4.78, 5) is 44.2. The summed E-state index contributed by atoms with van der Waals surface area (Å²) in [5, 5.41) is 29.3. The van der Waals surface area contributed by atoms with Gasteiger partial charge in [0.2, 0.25) is 11.8 Å². The smallest absolute Gasteiger partial charge is 0.269 e. The number of nitrogens with one attached hydrogen (secondary N) is 2. The lowest BCUT2D eigenvalue weighted by Crippen LogP contribution is -2.20. The number of rotatable bonds is 11. The van der Waals surface area contributed by atoms with Gasteiger partial charge in [0.25, 0.3) is 11.4 Å². The summed E-state index contributed by atoms with van der Waals surface area (Å²) in [7, 11) is 0. The van der Waals surface area contributed by atoms with Crippen LogP contribution in [-0.2, 0) is 9.59 Å². The molecule has 2 aromatic rings. The van der Waals surface area contributed by atoms with Gasteiger partial charge >= 0.3 is 0 Å². The molecule has 0 aliphatic heterocycles. The lowest BCUT2D eigenvalue weighted by atomic mass is 10.1. The van der Waals surface area contributed by atoms with Crippen LogP contribution in [0.3, 0.4) is 0 Å². The molecule has 12 heteroatoms. The Morgan fingerprint density at radius 3 is 1.32 bits per heavy atom. The second-order valence-corrected chi connectivity index (χ2v) is 7.28. The van der Waals surface area contributed by atoms with Crippen molar-refractivity contribution in [3.8, 4) is 0 Å². The van der Waals surface area contributed by atoms with E-state index in [0.717, 1.165) is 0 Å². The quantitative estimate of drug-likeness (QED) is 0.221. The molecule has 2 aromatic carbocycles. The van der Waals surface area contributed by atoms with E-state index in [1.54, 1.807) is 38.1 Å². The standard InChI is InChI=1S/C22H24N6O6/c1-15(17-7-11-19(12-8-17)27(31)32)23-25-21(29)5-3-4-6-22(30)26-24-16(2)18-9-13-20(14-10-18)28(33)34/h7-14H,3-6H2,1-2H3,(H,25,29)(H,26,30). The second-order valence-electron chi connectivity index (χ2n) is 7.28. The predicted octanol–water partition coefficient (Wildman–Crippen LogP) is 3.44. The van der Waals surface area contributed by atoms with Crippen LogP contribution in [-0.4, -0.2) is 33.1 Å². The summed E-state index contributed by atoms with van der Waals surface area (Å²) < 4.78 is 0. The van der Waals surface area contributed by atoms with E-state index >= 15 is 0 Å². The van der Waals surface area contributed by atoms with Gasteiger partial charge in [0.05, 0.1) is 21.3 Å². The molecule has 0 saturated heterocycles. The summed E-state index contributed by atoms with van der Waals surface area (Å²) in [5.41, 5.74) is 7.09. The molecular formula is C22H24N6O6. The average molecular weight is 468 g/mol. The van der Waals surface area contributed by atoms with Gasteiger partial charge in [-0.2, -0.15) is 10.2 Å². The summed E-state index contributed by atoms with van der Waals surface area (Å²) in [6.07, 6.45) is 1.29. The number of nitro groups is 2. The lowest BCUT2D eigenvalue weighted by molar-refractivity contribution is -0.385. The molecule has 0 radical (unpaired) electrons. The number of hydrazone groups is 2. The first kappa shape index (κ1) is 25.8. The van der Waals surface area contributed by atoms with Crippen LogP contribution in [0.15, 0.2) is 58.7 Å². The molecule has 12 nitrogen and oxygen atoms in total. The monoisotopic (exact) mass is 468 g/mol. The molecule has 0 atom stereocenters. The van der Waals surface area contributed by atoms with E-state index in [2.05, 4.69) is 21.1 Å². The molecule has 0 heterocycles. The van der Waals surface area contributed by atoms with Crippen molar-refractivity contribution in [2.75, 3.05) is 0 Å². The fourth-order valence-electron chi connectivity index (χ4n) is 2.75. The molecule has 0 aromatic heterocycles. The van der Waals surface area contributed by atoms with E-state index in [1.807, 2.05) is 0 Å². The highest BCUT2D eigenvalue weighted by molar-refractivity contribution is 6.00. The maximum Gasteiger partial charge on any atom is 0.269 e. The molecule has 2 rings (SSSR count).